The van der Waals surface area contributed by atoms with Crippen molar-refractivity contribution in [1.29, 1.82) is 0 Å². The quantitative estimate of drug-likeness (QED) is 0.263. The summed E-state index contributed by atoms with van der Waals surface area (Å²) in [5.74, 6) is -0.135. The Balaban J connectivity index is 1.69. The highest BCUT2D eigenvalue weighted by Crippen LogP contribution is 2.25. The van der Waals surface area contributed by atoms with Crippen molar-refractivity contribution >= 4 is 17.9 Å². The van der Waals surface area contributed by atoms with Gasteiger partial charge < -0.3 is 0 Å². The van der Waals surface area contributed by atoms with Crippen molar-refractivity contribution in [3.8, 4) is 22.5 Å². The first-order valence-corrected chi connectivity index (χ1v) is 9.33. The number of aromatic nitrogens is 2. The van der Waals surface area contributed by atoms with E-state index < -0.39 is 4.92 Å². The third-order valence-electron chi connectivity index (χ3n) is 4.44. The van der Waals surface area contributed by atoms with Gasteiger partial charge in [0.2, 0.25) is 5.95 Å². The Bertz CT molecular complexity index is 1240. The Labute approximate surface area is 177 Å². The van der Waals surface area contributed by atoms with Crippen LogP contribution in [0.1, 0.15) is 5.56 Å². The number of nitrogens with one attached hydrogen (secondary N) is 1. The van der Waals surface area contributed by atoms with Gasteiger partial charge in [-0.25, -0.2) is 19.8 Å². The molecular weight excluding hydrogens is 397 g/mol. The highest BCUT2D eigenvalue weighted by Gasteiger charge is 2.11. The molecule has 0 aliphatic rings. The van der Waals surface area contributed by atoms with Gasteiger partial charge in [-0.15, -0.1) is 0 Å². The first kappa shape index (κ1) is 19.8. The summed E-state index contributed by atoms with van der Waals surface area (Å²) in [7, 11) is 0. The summed E-state index contributed by atoms with van der Waals surface area (Å²) >= 11 is 0. The first-order valence-electron chi connectivity index (χ1n) is 9.33. The topological polar surface area (TPSA) is 93.3 Å². The van der Waals surface area contributed by atoms with Crippen LogP contribution < -0.4 is 5.43 Å². The summed E-state index contributed by atoms with van der Waals surface area (Å²) in [6.07, 6.45) is 1.34. The molecule has 31 heavy (non-hydrogen) atoms. The van der Waals surface area contributed by atoms with Crippen molar-refractivity contribution in [2.45, 2.75) is 0 Å². The van der Waals surface area contributed by atoms with E-state index in [1.54, 1.807) is 36.4 Å². The maximum absolute atomic E-state index is 13.3. The third kappa shape index (κ3) is 4.76. The van der Waals surface area contributed by atoms with E-state index in [9.17, 15) is 14.5 Å². The predicted molar refractivity (Wildman–Crippen MR) is 117 cm³/mol. The molecule has 1 N–H and O–H groups in total. The molecule has 0 saturated carbocycles. The lowest BCUT2D eigenvalue weighted by Crippen LogP contribution is -2.01. The van der Waals surface area contributed by atoms with Gasteiger partial charge in [-0.1, -0.05) is 42.5 Å². The highest BCUT2D eigenvalue weighted by molar-refractivity contribution is 5.85. The number of nitrogens with zero attached hydrogens (tertiary/aromatic N) is 4. The summed E-state index contributed by atoms with van der Waals surface area (Å²) in [5, 5.41) is 15.2. The summed E-state index contributed by atoms with van der Waals surface area (Å²) in [6, 6.07) is 23.6. The SMILES string of the molecule is O=[N+]([O-])c1ccccc1/C=N\Nc1nc(-c2ccccc2)cc(-c2ccc(F)cc2)n1. The maximum atomic E-state index is 13.3. The fourth-order valence-corrected chi connectivity index (χ4v) is 2.95. The lowest BCUT2D eigenvalue weighted by atomic mass is 10.1. The lowest BCUT2D eigenvalue weighted by Gasteiger charge is -2.08. The normalized spacial score (nSPS) is 10.9. The van der Waals surface area contributed by atoms with Crippen LogP contribution >= 0.6 is 0 Å². The van der Waals surface area contributed by atoms with Crippen molar-refractivity contribution in [3.05, 3.63) is 106 Å². The van der Waals surface area contributed by atoms with Crippen molar-refractivity contribution in [2.24, 2.45) is 5.10 Å². The van der Waals surface area contributed by atoms with Gasteiger partial charge in [-0.3, -0.25) is 10.1 Å². The van der Waals surface area contributed by atoms with Gasteiger partial charge in [0.05, 0.1) is 28.1 Å². The first-order chi connectivity index (χ1) is 15.1. The minimum Gasteiger partial charge on any atom is -0.258 e. The Morgan fingerprint density at radius 1 is 0.871 bits per heavy atom. The molecule has 4 aromatic rings. The molecule has 0 amide bonds. The van der Waals surface area contributed by atoms with Gasteiger partial charge in [0, 0.05) is 17.2 Å². The van der Waals surface area contributed by atoms with E-state index >= 15 is 0 Å². The van der Waals surface area contributed by atoms with Crippen LogP contribution in [0.2, 0.25) is 0 Å². The highest BCUT2D eigenvalue weighted by atomic mass is 19.1. The van der Waals surface area contributed by atoms with Crippen LogP contribution in [0.3, 0.4) is 0 Å². The number of anilines is 1. The van der Waals surface area contributed by atoms with Crippen LogP contribution in [-0.4, -0.2) is 21.1 Å². The van der Waals surface area contributed by atoms with Crippen molar-refractivity contribution in [2.75, 3.05) is 5.43 Å². The third-order valence-corrected chi connectivity index (χ3v) is 4.44. The molecule has 1 heterocycles. The van der Waals surface area contributed by atoms with E-state index in [0.29, 0.717) is 22.5 Å². The molecule has 3 aromatic carbocycles. The monoisotopic (exact) mass is 413 g/mol. The smallest absolute Gasteiger partial charge is 0.258 e. The molecule has 8 heteroatoms. The van der Waals surface area contributed by atoms with Crippen LogP contribution in [0.5, 0.6) is 0 Å². The number of benzene rings is 3. The fraction of sp³-hybridized carbons (Fsp3) is 0. The Morgan fingerprint density at radius 3 is 2.16 bits per heavy atom. The molecule has 0 radical (unpaired) electrons. The molecule has 152 valence electrons. The van der Waals surface area contributed by atoms with Crippen LogP contribution in [0, 0.1) is 15.9 Å². The minimum atomic E-state index is -0.472. The zero-order valence-electron chi connectivity index (χ0n) is 16.1. The Morgan fingerprint density at radius 2 is 1.48 bits per heavy atom. The molecule has 0 bridgehead atoms. The molecular formula is C23H16FN5O2. The molecule has 0 fully saturated rings. The van der Waals surface area contributed by atoms with Gasteiger partial charge in [0.1, 0.15) is 5.82 Å². The van der Waals surface area contributed by atoms with Gasteiger partial charge in [-0.2, -0.15) is 5.10 Å². The van der Waals surface area contributed by atoms with Gasteiger partial charge in [-0.05, 0) is 36.4 Å². The van der Waals surface area contributed by atoms with Crippen LogP contribution in [0.15, 0.2) is 90.0 Å². The standard InChI is InChI=1S/C23H16FN5O2/c24-19-12-10-17(11-13-19)21-14-20(16-6-2-1-3-7-16)26-23(27-21)28-25-15-18-8-4-5-9-22(18)29(30)31/h1-15H,(H,26,27,28)/b25-15-. The molecule has 4 rings (SSSR count). The number of hydrogen-bond acceptors (Lipinski definition) is 6. The minimum absolute atomic E-state index is 0.0565. The molecule has 0 spiro atoms. The molecule has 1 aromatic heterocycles. The number of nitro groups is 1. The zero-order valence-corrected chi connectivity index (χ0v) is 16.1. The molecule has 7 nitrogen and oxygen atoms in total. The van der Waals surface area contributed by atoms with Crippen LogP contribution in [-0.2, 0) is 0 Å². The Kier molecular flexibility index (Phi) is 5.70. The maximum Gasteiger partial charge on any atom is 0.278 e. The van der Waals surface area contributed by atoms with E-state index in [2.05, 4.69) is 20.5 Å². The van der Waals surface area contributed by atoms with E-state index in [1.807, 2.05) is 30.3 Å². The van der Waals surface area contributed by atoms with Gasteiger partial charge in [0.25, 0.3) is 5.69 Å². The van der Waals surface area contributed by atoms with E-state index in [1.165, 1.54) is 24.4 Å². The predicted octanol–water partition coefficient (Wildman–Crippen LogP) is 5.30. The fourth-order valence-electron chi connectivity index (χ4n) is 2.95. The van der Waals surface area contributed by atoms with Crippen molar-refractivity contribution in [3.63, 3.8) is 0 Å². The van der Waals surface area contributed by atoms with E-state index in [4.69, 9.17) is 0 Å². The molecule has 0 saturated heterocycles. The second-order valence-electron chi connectivity index (χ2n) is 6.52. The second-order valence-corrected chi connectivity index (χ2v) is 6.52. The second kappa shape index (κ2) is 8.91. The summed E-state index contributed by atoms with van der Waals surface area (Å²) < 4.78 is 13.3. The number of nitro benzene ring substituents is 1. The average Bonchev–Trinajstić information content (AvgIpc) is 2.80. The van der Waals surface area contributed by atoms with Crippen molar-refractivity contribution < 1.29 is 9.31 Å². The van der Waals surface area contributed by atoms with Crippen LogP contribution in [0.25, 0.3) is 22.5 Å². The number of hydrazone groups is 1. The van der Waals surface area contributed by atoms with Crippen molar-refractivity contribution in [1.82, 2.24) is 9.97 Å². The molecule has 0 unspecified atom stereocenters. The van der Waals surface area contributed by atoms with E-state index in [0.717, 1.165) is 5.56 Å². The lowest BCUT2D eigenvalue weighted by molar-refractivity contribution is -0.385. The van der Waals surface area contributed by atoms with Gasteiger partial charge in [0.15, 0.2) is 0 Å². The summed E-state index contributed by atoms with van der Waals surface area (Å²) in [5.41, 5.74) is 5.85. The van der Waals surface area contributed by atoms with E-state index in [-0.39, 0.29) is 17.5 Å². The Hall–Kier alpha value is -4.46. The van der Waals surface area contributed by atoms with Gasteiger partial charge >= 0.3 is 0 Å². The number of hydrogen-bond donors (Lipinski definition) is 1. The molecule has 0 aliphatic heterocycles. The summed E-state index contributed by atoms with van der Waals surface area (Å²) in [6.45, 7) is 0. The average molecular weight is 413 g/mol. The molecule has 0 atom stereocenters. The number of para-hydroxylation sites is 1. The largest absolute Gasteiger partial charge is 0.278 e. The number of halogens is 1. The zero-order chi connectivity index (χ0) is 21.6. The summed E-state index contributed by atoms with van der Waals surface area (Å²) in [4.78, 5) is 19.6. The number of rotatable bonds is 6. The van der Waals surface area contributed by atoms with Crippen LogP contribution in [0.4, 0.5) is 16.0 Å². The molecule has 0 aliphatic carbocycles.